The van der Waals surface area contributed by atoms with Crippen molar-refractivity contribution in [3.63, 3.8) is 0 Å². The van der Waals surface area contributed by atoms with E-state index < -0.39 is 0 Å². The van der Waals surface area contributed by atoms with Gasteiger partial charge >= 0.3 is 0 Å². The van der Waals surface area contributed by atoms with Gasteiger partial charge in [0, 0.05) is 10.5 Å². The first-order valence-electron chi connectivity index (χ1n) is 6.24. The van der Waals surface area contributed by atoms with Crippen LogP contribution in [0.4, 0.5) is 0 Å². The number of thiol groups is 2. The lowest BCUT2D eigenvalue weighted by molar-refractivity contribution is 0.289. The molecule has 0 radical (unpaired) electrons. The lowest BCUT2D eigenvalue weighted by Crippen LogP contribution is -2.03. The molecule has 0 aliphatic carbocycles. The molecule has 0 aliphatic heterocycles. The molecule has 0 atom stereocenters. The summed E-state index contributed by atoms with van der Waals surface area (Å²) in [6.45, 7) is 9.13. The summed E-state index contributed by atoms with van der Waals surface area (Å²) in [5.74, 6) is 1.54. The number of ether oxygens (including phenoxy) is 1. The monoisotopic (exact) mass is 282 g/mol. The average Bonchev–Trinajstić information content (AvgIpc) is 2.29. The maximum Gasteiger partial charge on any atom is 0.127 e. The highest BCUT2D eigenvalue weighted by atomic mass is 32.1. The van der Waals surface area contributed by atoms with Crippen molar-refractivity contribution in [2.45, 2.75) is 34.1 Å². The minimum Gasteiger partial charge on any atom is -0.493 e. The summed E-state index contributed by atoms with van der Waals surface area (Å²) in [7, 11) is 0. The van der Waals surface area contributed by atoms with Crippen LogP contribution in [0.25, 0.3) is 4.91 Å². The number of allylic oxidation sites excluding steroid dienone is 1. The standard InChI is InChI=1S/C15H22OS2/c1-10(2)7-8-16-14-6-5-11(3)9-13(14)15(18)12(4)17/h5-6,9-10,17-18H,7-8H2,1-4H3. The molecule has 0 fully saturated rings. The zero-order valence-electron chi connectivity index (χ0n) is 11.5. The Morgan fingerprint density at radius 2 is 1.94 bits per heavy atom. The predicted molar refractivity (Wildman–Crippen MR) is 86.7 cm³/mol. The van der Waals surface area contributed by atoms with Crippen molar-refractivity contribution in [3.8, 4) is 5.75 Å². The fraction of sp³-hybridized carbons (Fsp3) is 0.467. The second-order valence-electron chi connectivity index (χ2n) is 4.96. The van der Waals surface area contributed by atoms with Gasteiger partial charge in [-0.2, -0.15) is 0 Å². The Bertz CT molecular complexity index is 432. The van der Waals surface area contributed by atoms with Crippen LogP contribution in [0, 0.1) is 12.8 Å². The number of hydrogen-bond acceptors (Lipinski definition) is 3. The minimum atomic E-state index is 0.650. The fourth-order valence-electron chi connectivity index (χ4n) is 1.55. The Morgan fingerprint density at radius 3 is 2.50 bits per heavy atom. The number of aryl methyl sites for hydroxylation is 1. The molecule has 0 aromatic heterocycles. The van der Waals surface area contributed by atoms with Gasteiger partial charge in [-0.15, -0.1) is 25.3 Å². The average molecular weight is 282 g/mol. The second-order valence-corrected chi connectivity index (χ2v) is 6.08. The zero-order chi connectivity index (χ0) is 13.7. The molecule has 0 unspecified atom stereocenters. The van der Waals surface area contributed by atoms with E-state index in [1.165, 1.54) is 5.56 Å². The smallest absolute Gasteiger partial charge is 0.127 e. The minimum absolute atomic E-state index is 0.650. The van der Waals surface area contributed by atoms with Crippen molar-refractivity contribution in [2.24, 2.45) is 5.92 Å². The van der Waals surface area contributed by atoms with Gasteiger partial charge in [-0.25, -0.2) is 0 Å². The molecule has 0 N–H and O–H groups in total. The molecule has 0 amide bonds. The molecule has 1 nitrogen and oxygen atoms in total. The lowest BCUT2D eigenvalue weighted by atomic mass is 10.1. The summed E-state index contributed by atoms with van der Waals surface area (Å²) in [6, 6.07) is 6.16. The zero-order valence-corrected chi connectivity index (χ0v) is 13.3. The van der Waals surface area contributed by atoms with Gasteiger partial charge < -0.3 is 4.74 Å². The Kier molecular flexibility index (Phi) is 6.16. The SMILES string of the molecule is CC(S)=C(S)c1cc(C)ccc1OCCC(C)C. The normalized spacial score (nSPS) is 12.6. The van der Waals surface area contributed by atoms with E-state index >= 15 is 0 Å². The number of hydrogen-bond donors (Lipinski definition) is 2. The van der Waals surface area contributed by atoms with Crippen molar-refractivity contribution >= 4 is 30.2 Å². The summed E-state index contributed by atoms with van der Waals surface area (Å²) in [6.07, 6.45) is 1.05. The van der Waals surface area contributed by atoms with Gasteiger partial charge in [-0.05, 0) is 43.2 Å². The first kappa shape index (κ1) is 15.5. The van der Waals surface area contributed by atoms with Gasteiger partial charge in [0.1, 0.15) is 5.75 Å². The maximum atomic E-state index is 5.86. The van der Waals surface area contributed by atoms with E-state index in [-0.39, 0.29) is 0 Å². The summed E-state index contributed by atoms with van der Waals surface area (Å²) in [5.41, 5.74) is 2.22. The van der Waals surface area contributed by atoms with Gasteiger partial charge in [-0.3, -0.25) is 0 Å². The first-order valence-corrected chi connectivity index (χ1v) is 7.14. The van der Waals surface area contributed by atoms with Crippen LogP contribution in [-0.2, 0) is 0 Å². The topological polar surface area (TPSA) is 9.23 Å². The quantitative estimate of drug-likeness (QED) is 0.725. The van der Waals surface area contributed by atoms with Gasteiger partial charge in [-0.1, -0.05) is 25.5 Å². The molecule has 1 aromatic rings. The highest BCUT2D eigenvalue weighted by Crippen LogP contribution is 2.33. The molecule has 3 heteroatoms. The molecular weight excluding hydrogens is 260 g/mol. The lowest BCUT2D eigenvalue weighted by Gasteiger charge is -2.14. The van der Waals surface area contributed by atoms with Crippen molar-refractivity contribution in [1.82, 2.24) is 0 Å². The van der Waals surface area contributed by atoms with E-state index in [9.17, 15) is 0 Å². The van der Waals surface area contributed by atoms with Crippen LogP contribution in [0.2, 0.25) is 0 Å². The summed E-state index contributed by atoms with van der Waals surface area (Å²) in [4.78, 5) is 1.78. The maximum absolute atomic E-state index is 5.86. The molecule has 0 aliphatic rings. The first-order chi connectivity index (χ1) is 8.41. The van der Waals surface area contributed by atoms with E-state index in [1.54, 1.807) is 0 Å². The van der Waals surface area contributed by atoms with Gasteiger partial charge in [0.25, 0.3) is 0 Å². The molecule has 0 spiro atoms. The van der Waals surface area contributed by atoms with Crippen LogP contribution in [-0.4, -0.2) is 6.61 Å². The number of rotatable bonds is 5. The van der Waals surface area contributed by atoms with Crippen LogP contribution in [0.5, 0.6) is 5.75 Å². The summed E-state index contributed by atoms with van der Waals surface area (Å²) >= 11 is 8.87. The largest absolute Gasteiger partial charge is 0.493 e. The summed E-state index contributed by atoms with van der Waals surface area (Å²) in [5, 5.41) is 0. The van der Waals surface area contributed by atoms with Crippen LogP contribution >= 0.6 is 25.3 Å². The van der Waals surface area contributed by atoms with Gasteiger partial charge in [0.2, 0.25) is 0 Å². The van der Waals surface area contributed by atoms with Crippen LogP contribution < -0.4 is 4.74 Å². The highest BCUT2D eigenvalue weighted by molar-refractivity contribution is 7.93. The molecule has 1 rings (SSSR count). The second kappa shape index (κ2) is 7.15. The molecule has 1 aromatic carbocycles. The van der Waals surface area contributed by atoms with Crippen molar-refractivity contribution in [1.29, 1.82) is 0 Å². The molecular formula is C15H22OS2. The highest BCUT2D eigenvalue weighted by Gasteiger charge is 2.08. The van der Waals surface area contributed by atoms with Crippen LogP contribution in [0.15, 0.2) is 23.1 Å². The molecule has 100 valence electrons. The Morgan fingerprint density at radius 1 is 1.28 bits per heavy atom. The van der Waals surface area contributed by atoms with E-state index in [1.807, 2.05) is 13.0 Å². The third kappa shape index (κ3) is 4.62. The third-order valence-electron chi connectivity index (χ3n) is 2.69. The van der Waals surface area contributed by atoms with Crippen LogP contribution in [0.1, 0.15) is 38.3 Å². The van der Waals surface area contributed by atoms with E-state index in [0.717, 1.165) is 34.2 Å². The Hall–Kier alpha value is -0.540. The van der Waals surface area contributed by atoms with E-state index in [2.05, 4.69) is 58.2 Å². The van der Waals surface area contributed by atoms with Gasteiger partial charge in [0.15, 0.2) is 0 Å². The van der Waals surface area contributed by atoms with E-state index in [4.69, 9.17) is 4.74 Å². The fourth-order valence-corrected chi connectivity index (χ4v) is 1.85. The van der Waals surface area contributed by atoms with Crippen LogP contribution in [0.3, 0.4) is 0 Å². The summed E-state index contributed by atoms with van der Waals surface area (Å²) < 4.78 is 5.86. The molecule has 0 bridgehead atoms. The van der Waals surface area contributed by atoms with E-state index in [0.29, 0.717) is 5.92 Å². The van der Waals surface area contributed by atoms with Gasteiger partial charge in [0.05, 0.1) is 6.61 Å². The molecule has 0 saturated carbocycles. The van der Waals surface area contributed by atoms with Crippen molar-refractivity contribution in [2.75, 3.05) is 6.61 Å². The Balaban J connectivity index is 2.94. The Labute approximate surface area is 121 Å². The van der Waals surface area contributed by atoms with Crippen molar-refractivity contribution < 1.29 is 4.74 Å². The molecule has 18 heavy (non-hydrogen) atoms. The molecule has 0 saturated heterocycles. The third-order valence-corrected chi connectivity index (χ3v) is 3.66. The van der Waals surface area contributed by atoms with Crippen molar-refractivity contribution in [3.05, 3.63) is 34.2 Å². The predicted octanol–water partition coefficient (Wildman–Crippen LogP) is 4.97. The number of benzene rings is 1. The molecule has 0 heterocycles.